The van der Waals surface area contributed by atoms with Crippen molar-refractivity contribution in [2.75, 3.05) is 26.7 Å². The molecule has 1 N–H and O–H groups in total. The van der Waals surface area contributed by atoms with Gasteiger partial charge in [-0.25, -0.2) is 0 Å². The van der Waals surface area contributed by atoms with E-state index >= 15 is 0 Å². The van der Waals surface area contributed by atoms with Gasteiger partial charge in [-0.05, 0) is 45.6 Å². The zero-order valence-corrected chi connectivity index (χ0v) is 14.1. The first-order valence-corrected chi connectivity index (χ1v) is 7.80. The van der Waals surface area contributed by atoms with Gasteiger partial charge in [0.25, 0.3) is 0 Å². The Balaban J connectivity index is 2.53. The quantitative estimate of drug-likeness (QED) is 0.695. The first-order valence-electron chi connectivity index (χ1n) is 7.80. The lowest BCUT2D eigenvalue weighted by Gasteiger charge is -2.32. The average molecular weight is 284 g/mol. The molecule has 1 unspecified atom stereocenters. The number of hydrogen-bond acceptors (Lipinski definition) is 4. The van der Waals surface area contributed by atoms with Crippen LogP contribution in [0.2, 0.25) is 0 Å². The van der Waals surface area contributed by atoms with Gasteiger partial charge in [-0.1, -0.05) is 20.8 Å². The van der Waals surface area contributed by atoms with E-state index < -0.39 is 5.54 Å². The first-order chi connectivity index (χ1) is 9.16. The molecular formula is C16H32N2O2. The maximum atomic E-state index is 12.2. The third-order valence-electron chi connectivity index (χ3n) is 3.56. The number of esters is 1. The van der Waals surface area contributed by atoms with E-state index in [1.165, 1.54) is 12.8 Å². The topological polar surface area (TPSA) is 41.6 Å². The normalized spacial score (nSPS) is 18.9. The smallest absolute Gasteiger partial charge is 0.326 e. The Kier molecular flexibility index (Phi) is 6.02. The molecule has 0 spiro atoms. The van der Waals surface area contributed by atoms with Crippen molar-refractivity contribution in [3.05, 3.63) is 0 Å². The van der Waals surface area contributed by atoms with Crippen molar-refractivity contribution in [1.82, 2.24) is 10.2 Å². The Morgan fingerprint density at radius 2 is 1.90 bits per heavy atom. The summed E-state index contributed by atoms with van der Waals surface area (Å²) >= 11 is 0. The van der Waals surface area contributed by atoms with Crippen LogP contribution in [0.25, 0.3) is 0 Å². The summed E-state index contributed by atoms with van der Waals surface area (Å²) in [4.78, 5) is 14.5. The molecule has 0 amide bonds. The second-order valence-electron chi connectivity index (χ2n) is 7.52. The fourth-order valence-corrected chi connectivity index (χ4v) is 2.51. The van der Waals surface area contributed by atoms with Crippen molar-refractivity contribution < 1.29 is 9.53 Å². The molecule has 1 rings (SSSR count). The van der Waals surface area contributed by atoms with E-state index in [1.54, 1.807) is 0 Å². The van der Waals surface area contributed by atoms with Crippen LogP contribution in [-0.2, 0) is 9.53 Å². The van der Waals surface area contributed by atoms with Crippen molar-refractivity contribution in [2.24, 2.45) is 5.41 Å². The van der Waals surface area contributed by atoms with E-state index in [-0.39, 0.29) is 11.4 Å². The van der Waals surface area contributed by atoms with Gasteiger partial charge in [0, 0.05) is 19.1 Å². The summed E-state index contributed by atoms with van der Waals surface area (Å²) < 4.78 is 5.25. The molecule has 1 aliphatic carbocycles. The lowest BCUT2D eigenvalue weighted by Crippen LogP contribution is -2.53. The van der Waals surface area contributed by atoms with Crippen LogP contribution < -0.4 is 5.32 Å². The minimum Gasteiger partial charge on any atom is -0.465 e. The SMILES string of the molecule is CCOC(=O)C(C)(CCN(C)CC(C)(C)C)NC1CC1. The lowest BCUT2D eigenvalue weighted by atomic mass is 9.94. The minimum absolute atomic E-state index is 0.115. The average Bonchev–Trinajstić information content (AvgIpc) is 3.08. The van der Waals surface area contributed by atoms with Crippen LogP contribution in [0.5, 0.6) is 0 Å². The first kappa shape index (κ1) is 17.4. The van der Waals surface area contributed by atoms with E-state index in [0.29, 0.717) is 12.6 Å². The highest BCUT2D eigenvalue weighted by molar-refractivity contribution is 5.80. The molecule has 0 heterocycles. The maximum absolute atomic E-state index is 12.2. The Morgan fingerprint density at radius 1 is 1.30 bits per heavy atom. The fourth-order valence-electron chi connectivity index (χ4n) is 2.51. The van der Waals surface area contributed by atoms with Crippen molar-refractivity contribution in [3.63, 3.8) is 0 Å². The van der Waals surface area contributed by atoms with Gasteiger partial charge in [-0.2, -0.15) is 0 Å². The van der Waals surface area contributed by atoms with Gasteiger partial charge in [0.15, 0.2) is 0 Å². The van der Waals surface area contributed by atoms with Crippen molar-refractivity contribution in [3.8, 4) is 0 Å². The molecule has 1 fully saturated rings. The molecule has 20 heavy (non-hydrogen) atoms. The number of nitrogens with zero attached hydrogens (tertiary/aromatic N) is 1. The summed E-state index contributed by atoms with van der Waals surface area (Å²) in [5.41, 5.74) is -0.275. The molecule has 1 saturated carbocycles. The summed E-state index contributed by atoms with van der Waals surface area (Å²) in [7, 11) is 2.12. The molecule has 4 heteroatoms. The van der Waals surface area contributed by atoms with Crippen molar-refractivity contribution in [1.29, 1.82) is 0 Å². The van der Waals surface area contributed by atoms with Gasteiger partial charge in [-0.3, -0.25) is 10.1 Å². The van der Waals surface area contributed by atoms with Crippen LogP contribution in [-0.4, -0.2) is 49.2 Å². The summed E-state index contributed by atoms with van der Waals surface area (Å²) in [5, 5.41) is 3.47. The van der Waals surface area contributed by atoms with Gasteiger partial charge in [0.2, 0.25) is 0 Å². The number of ether oxygens (including phenoxy) is 1. The standard InChI is InChI=1S/C16H32N2O2/c1-7-20-14(19)16(5,17-13-8-9-13)10-11-18(6)12-15(2,3)4/h13,17H,7-12H2,1-6H3. The lowest BCUT2D eigenvalue weighted by molar-refractivity contribution is -0.151. The molecule has 118 valence electrons. The second kappa shape index (κ2) is 6.90. The highest BCUT2D eigenvalue weighted by Crippen LogP contribution is 2.25. The Hall–Kier alpha value is -0.610. The van der Waals surface area contributed by atoms with Crippen LogP contribution in [0.3, 0.4) is 0 Å². The third-order valence-corrected chi connectivity index (χ3v) is 3.56. The monoisotopic (exact) mass is 284 g/mol. The van der Waals surface area contributed by atoms with Gasteiger partial charge < -0.3 is 9.64 Å². The molecule has 0 aliphatic heterocycles. The van der Waals surface area contributed by atoms with Gasteiger partial charge in [0.1, 0.15) is 5.54 Å². The van der Waals surface area contributed by atoms with Gasteiger partial charge in [-0.15, -0.1) is 0 Å². The highest BCUT2D eigenvalue weighted by Gasteiger charge is 2.39. The fraction of sp³-hybridized carbons (Fsp3) is 0.938. The molecule has 1 aliphatic rings. The van der Waals surface area contributed by atoms with Crippen LogP contribution in [0.1, 0.15) is 53.9 Å². The predicted molar refractivity (Wildman–Crippen MR) is 82.8 cm³/mol. The number of rotatable bonds is 8. The molecule has 0 radical (unpaired) electrons. The van der Waals surface area contributed by atoms with Crippen LogP contribution in [0.15, 0.2) is 0 Å². The van der Waals surface area contributed by atoms with E-state index in [4.69, 9.17) is 4.74 Å². The number of carbonyl (C=O) groups excluding carboxylic acids is 1. The highest BCUT2D eigenvalue weighted by atomic mass is 16.5. The van der Waals surface area contributed by atoms with E-state index in [9.17, 15) is 4.79 Å². The molecule has 0 aromatic rings. The Morgan fingerprint density at radius 3 is 2.35 bits per heavy atom. The zero-order chi connectivity index (χ0) is 15.4. The Labute approximate surface area is 124 Å². The summed E-state index contributed by atoms with van der Waals surface area (Å²) in [6, 6.07) is 0.498. The molecule has 4 nitrogen and oxygen atoms in total. The molecule has 0 aromatic carbocycles. The summed E-state index contributed by atoms with van der Waals surface area (Å²) in [6.45, 7) is 12.9. The molecule has 0 bridgehead atoms. The number of carbonyl (C=O) groups is 1. The molecular weight excluding hydrogens is 252 g/mol. The van der Waals surface area contributed by atoms with Gasteiger partial charge >= 0.3 is 5.97 Å². The second-order valence-corrected chi connectivity index (χ2v) is 7.52. The van der Waals surface area contributed by atoms with Gasteiger partial charge in [0.05, 0.1) is 6.61 Å². The van der Waals surface area contributed by atoms with E-state index in [0.717, 1.165) is 19.5 Å². The zero-order valence-electron chi connectivity index (χ0n) is 14.1. The largest absolute Gasteiger partial charge is 0.465 e. The molecule has 0 aromatic heterocycles. The minimum atomic E-state index is -0.552. The molecule has 0 saturated heterocycles. The molecule has 1 atom stereocenters. The van der Waals surface area contributed by atoms with E-state index in [1.807, 2.05) is 13.8 Å². The number of hydrogen-bond donors (Lipinski definition) is 1. The van der Waals surface area contributed by atoms with Crippen molar-refractivity contribution >= 4 is 5.97 Å². The maximum Gasteiger partial charge on any atom is 0.326 e. The summed E-state index contributed by atoms with van der Waals surface area (Å²) in [5.74, 6) is -0.115. The summed E-state index contributed by atoms with van der Waals surface area (Å²) in [6.07, 6.45) is 3.13. The van der Waals surface area contributed by atoms with Crippen molar-refractivity contribution in [2.45, 2.75) is 65.5 Å². The Bertz CT molecular complexity index is 321. The third kappa shape index (κ3) is 6.23. The van der Waals surface area contributed by atoms with Crippen LogP contribution >= 0.6 is 0 Å². The van der Waals surface area contributed by atoms with E-state index in [2.05, 4.69) is 38.0 Å². The van der Waals surface area contributed by atoms with Crippen LogP contribution in [0.4, 0.5) is 0 Å². The predicted octanol–water partition coefficient (Wildman–Crippen LogP) is 2.43. The number of nitrogens with one attached hydrogen (secondary N) is 1. The van der Waals surface area contributed by atoms with Crippen LogP contribution in [0, 0.1) is 5.41 Å².